The molecule has 3 heteroatoms. The maximum Gasteiger partial charge on any atom is 0.0794 e. The second kappa shape index (κ2) is 7.46. The second-order valence-corrected chi connectivity index (χ2v) is 13.1. The number of nitrogens with one attached hydrogen (secondary N) is 2. The zero-order valence-electron chi connectivity index (χ0n) is 16.5. The van der Waals surface area contributed by atoms with Gasteiger partial charge in [-0.15, -0.1) is 0 Å². The highest BCUT2D eigenvalue weighted by Crippen LogP contribution is 2.42. The van der Waals surface area contributed by atoms with Gasteiger partial charge in [0.25, 0.3) is 0 Å². The van der Waals surface area contributed by atoms with Crippen LogP contribution in [0.25, 0.3) is 0 Å². The molecule has 0 fully saturated rings. The molecule has 0 aliphatic heterocycles. The highest BCUT2D eigenvalue weighted by Gasteiger charge is 2.37. The molecule has 0 heterocycles. The van der Waals surface area contributed by atoms with E-state index in [1.165, 1.54) is 11.6 Å². The third-order valence-corrected chi connectivity index (χ3v) is 8.85. The first-order valence-electron chi connectivity index (χ1n) is 8.88. The van der Waals surface area contributed by atoms with Gasteiger partial charge in [0.1, 0.15) is 0 Å². The molecule has 22 heavy (non-hydrogen) atoms. The van der Waals surface area contributed by atoms with Crippen LogP contribution in [0.4, 0.5) is 0 Å². The Labute approximate surface area is 139 Å². The number of allylic oxidation sites excluding steroid dienone is 4. The van der Waals surface area contributed by atoms with Gasteiger partial charge in [0, 0.05) is 12.1 Å². The first-order chi connectivity index (χ1) is 9.97. The van der Waals surface area contributed by atoms with E-state index in [9.17, 15) is 0 Å². The molecular weight excluding hydrogens is 284 g/mol. The van der Waals surface area contributed by atoms with E-state index >= 15 is 0 Å². The molecule has 0 aromatic carbocycles. The van der Waals surface area contributed by atoms with Crippen molar-refractivity contribution in [1.82, 2.24) is 10.6 Å². The van der Waals surface area contributed by atoms with Gasteiger partial charge < -0.3 is 0 Å². The summed E-state index contributed by atoms with van der Waals surface area (Å²) in [7, 11) is -1.46. The lowest BCUT2D eigenvalue weighted by atomic mass is 10.1. The van der Waals surface area contributed by atoms with Crippen LogP contribution in [-0.4, -0.2) is 26.3 Å². The molecule has 1 aliphatic carbocycles. The van der Waals surface area contributed by atoms with Crippen LogP contribution < -0.4 is 10.6 Å². The standard InChI is InChI=1S/C19H38N2Si/c1-12(2)20-18(21-13(3)4)11-22(9,10)19-16(7)14(5)15(6)17(19)8/h12-13,16,18,20-21H,11H2,1-10H3. The maximum absolute atomic E-state index is 3.73. The van der Waals surface area contributed by atoms with Crippen LogP contribution in [0.5, 0.6) is 0 Å². The highest BCUT2D eigenvalue weighted by molar-refractivity contribution is 6.84. The normalized spacial score (nSPS) is 20.3. The van der Waals surface area contributed by atoms with E-state index in [4.69, 9.17) is 0 Å². The fraction of sp³-hybridized carbons (Fsp3) is 0.789. The molecule has 0 radical (unpaired) electrons. The van der Waals surface area contributed by atoms with Gasteiger partial charge in [-0.3, -0.25) is 10.6 Å². The summed E-state index contributed by atoms with van der Waals surface area (Å²) in [6.07, 6.45) is 0.412. The van der Waals surface area contributed by atoms with Crippen molar-refractivity contribution in [1.29, 1.82) is 0 Å². The summed E-state index contributed by atoms with van der Waals surface area (Å²) < 4.78 is 0. The van der Waals surface area contributed by atoms with Gasteiger partial charge in [-0.05, 0) is 66.0 Å². The SMILES string of the molecule is CC1=C(C)C(C)C([Si](C)(C)CC(NC(C)C)NC(C)C)=C1C. The van der Waals surface area contributed by atoms with Gasteiger partial charge in [0.05, 0.1) is 14.2 Å². The molecule has 0 aromatic heterocycles. The van der Waals surface area contributed by atoms with Gasteiger partial charge >= 0.3 is 0 Å². The third kappa shape index (κ3) is 4.56. The van der Waals surface area contributed by atoms with Crippen molar-refractivity contribution in [2.75, 3.05) is 0 Å². The zero-order valence-corrected chi connectivity index (χ0v) is 17.5. The van der Waals surface area contributed by atoms with Crippen molar-refractivity contribution in [2.24, 2.45) is 5.92 Å². The maximum atomic E-state index is 3.73. The van der Waals surface area contributed by atoms with Gasteiger partial charge in [-0.1, -0.05) is 36.4 Å². The fourth-order valence-electron chi connectivity index (χ4n) is 4.05. The first-order valence-corrected chi connectivity index (χ1v) is 12.1. The molecule has 0 bridgehead atoms. The quantitative estimate of drug-likeness (QED) is 0.517. The molecule has 1 rings (SSSR count). The number of rotatable bonds is 7. The lowest BCUT2D eigenvalue weighted by Gasteiger charge is -2.35. The molecule has 0 amide bonds. The molecule has 1 aliphatic rings. The molecule has 0 spiro atoms. The van der Waals surface area contributed by atoms with Crippen molar-refractivity contribution in [3.8, 4) is 0 Å². The van der Waals surface area contributed by atoms with Crippen molar-refractivity contribution in [2.45, 2.75) is 92.8 Å². The summed E-state index contributed by atoms with van der Waals surface area (Å²) in [4.78, 5) is 0. The lowest BCUT2D eigenvalue weighted by Crippen LogP contribution is -2.52. The monoisotopic (exact) mass is 322 g/mol. The Kier molecular flexibility index (Phi) is 6.67. The summed E-state index contributed by atoms with van der Waals surface area (Å²) in [5.41, 5.74) is 4.70. The first kappa shape index (κ1) is 19.7. The van der Waals surface area contributed by atoms with Crippen LogP contribution in [0.3, 0.4) is 0 Å². The average Bonchev–Trinajstić information content (AvgIpc) is 2.51. The van der Waals surface area contributed by atoms with E-state index < -0.39 is 8.07 Å². The highest BCUT2D eigenvalue weighted by atomic mass is 28.3. The fourth-order valence-corrected chi connectivity index (χ4v) is 8.12. The summed E-state index contributed by atoms with van der Waals surface area (Å²) in [6.45, 7) is 23.4. The Balaban J connectivity index is 2.98. The van der Waals surface area contributed by atoms with E-state index in [1.54, 1.807) is 16.3 Å². The Morgan fingerprint density at radius 2 is 1.36 bits per heavy atom. The molecule has 1 atom stereocenters. The minimum absolute atomic E-state index is 0.412. The van der Waals surface area contributed by atoms with E-state index in [0.717, 1.165) is 0 Å². The van der Waals surface area contributed by atoms with Crippen LogP contribution in [0.1, 0.15) is 55.4 Å². The van der Waals surface area contributed by atoms with Gasteiger partial charge in [0.2, 0.25) is 0 Å². The lowest BCUT2D eigenvalue weighted by molar-refractivity contribution is 0.386. The summed E-state index contributed by atoms with van der Waals surface area (Å²) in [6, 6.07) is 2.28. The average molecular weight is 323 g/mol. The van der Waals surface area contributed by atoms with Crippen molar-refractivity contribution < 1.29 is 0 Å². The zero-order chi connectivity index (χ0) is 17.2. The molecule has 2 nitrogen and oxygen atoms in total. The Hall–Kier alpha value is -0.383. The number of hydrogen-bond acceptors (Lipinski definition) is 2. The number of hydrogen-bond donors (Lipinski definition) is 2. The predicted octanol–water partition coefficient (Wildman–Crippen LogP) is 4.86. The molecule has 0 saturated carbocycles. The largest absolute Gasteiger partial charge is 0.300 e. The molecule has 128 valence electrons. The molecule has 0 aromatic rings. The van der Waals surface area contributed by atoms with E-state index in [0.29, 0.717) is 24.2 Å². The van der Waals surface area contributed by atoms with Crippen LogP contribution in [0.15, 0.2) is 21.9 Å². The topological polar surface area (TPSA) is 24.1 Å². The third-order valence-electron chi connectivity index (χ3n) is 5.15. The van der Waals surface area contributed by atoms with Crippen LogP contribution >= 0.6 is 0 Å². The Morgan fingerprint density at radius 3 is 1.68 bits per heavy atom. The van der Waals surface area contributed by atoms with E-state index in [2.05, 4.69) is 79.1 Å². The van der Waals surface area contributed by atoms with Crippen LogP contribution in [0.2, 0.25) is 19.1 Å². The van der Waals surface area contributed by atoms with E-state index in [-0.39, 0.29) is 0 Å². The smallest absolute Gasteiger partial charge is 0.0794 e. The van der Waals surface area contributed by atoms with Crippen LogP contribution in [0, 0.1) is 5.92 Å². The van der Waals surface area contributed by atoms with Crippen LogP contribution in [-0.2, 0) is 0 Å². The molecular formula is C19H38N2Si. The van der Waals surface area contributed by atoms with Gasteiger partial charge in [0.15, 0.2) is 0 Å². The predicted molar refractivity (Wildman–Crippen MR) is 103 cm³/mol. The van der Waals surface area contributed by atoms with Crippen molar-refractivity contribution >= 4 is 8.07 Å². The minimum atomic E-state index is -1.46. The second-order valence-electron chi connectivity index (χ2n) is 8.35. The van der Waals surface area contributed by atoms with Crippen molar-refractivity contribution in [3.05, 3.63) is 21.9 Å². The van der Waals surface area contributed by atoms with E-state index in [1.807, 2.05) is 0 Å². The summed E-state index contributed by atoms with van der Waals surface area (Å²) in [5, 5.41) is 9.23. The molecule has 1 unspecified atom stereocenters. The summed E-state index contributed by atoms with van der Waals surface area (Å²) >= 11 is 0. The molecule has 2 N–H and O–H groups in total. The molecule has 0 saturated heterocycles. The van der Waals surface area contributed by atoms with Gasteiger partial charge in [-0.2, -0.15) is 0 Å². The summed E-state index contributed by atoms with van der Waals surface area (Å²) in [5.74, 6) is 0.639. The Bertz CT molecular complexity index is 448. The minimum Gasteiger partial charge on any atom is -0.300 e. The van der Waals surface area contributed by atoms with Crippen molar-refractivity contribution in [3.63, 3.8) is 0 Å². The van der Waals surface area contributed by atoms with Gasteiger partial charge in [-0.25, -0.2) is 0 Å². The Morgan fingerprint density at radius 1 is 0.909 bits per heavy atom.